The van der Waals surface area contributed by atoms with Crippen LogP contribution in [0.4, 0.5) is 0 Å². The standard InChI is InChI=1S/C10H16BrNO/c1-7(11)6-12-9-4-5-13-10(9)8-2-3-8/h8-10,12H,1-6H2. The van der Waals surface area contributed by atoms with Crippen LogP contribution in [0.1, 0.15) is 19.3 Å². The Balaban J connectivity index is 1.79. The third-order valence-corrected chi connectivity index (χ3v) is 3.06. The van der Waals surface area contributed by atoms with Gasteiger partial charge in [-0.1, -0.05) is 22.5 Å². The molecule has 1 heterocycles. The van der Waals surface area contributed by atoms with Crippen LogP contribution in [0, 0.1) is 5.92 Å². The maximum atomic E-state index is 5.71. The predicted molar refractivity (Wildman–Crippen MR) is 56.9 cm³/mol. The van der Waals surface area contributed by atoms with Crippen molar-refractivity contribution >= 4 is 15.9 Å². The summed E-state index contributed by atoms with van der Waals surface area (Å²) in [5, 5.41) is 3.48. The second kappa shape index (κ2) is 4.11. The van der Waals surface area contributed by atoms with E-state index in [2.05, 4.69) is 27.8 Å². The van der Waals surface area contributed by atoms with Gasteiger partial charge in [-0.3, -0.25) is 0 Å². The first-order valence-electron chi connectivity index (χ1n) is 4.95. The van der Waals surface area contributed by atoms with E-state index in [0.717, 1.165) is 30.0 Å². The first kappa shape index (κ1) is 9.69. The highest BCUT2D eigenvalue weighted by Gasteiger charge is 2.40. The Labute approximate surface area is 87.9 Å². The summed E-state index contributed by atoms with van der Waals surface area (Å²) in [6.07, 6.45) is 4.35. The van der Waals surface area contributed by atoms with Crippen molar-refractivity contribution < 1.29 is 4.74 Å². The van der Waals surface area contributed by atoms with E-state index in [1.54, 1.807) is 0 Å². The van der Waals surface area contributed by atoms with Crippen LogP contribution in [-0.2, 0) is 4.74 Å². The SMILES string of the molecule is C=C(Br)CNC1CCOC1C1CC1. The highest BCUT2D eigenvalue weighted by atomic mass is 79.9. The van der Waals surface area contributed by atoms with Crippen molar-refractivity contribution in [2.24, 2.45) is 5.92 Å². The van der Waals surface area contributed by atoms with Gasteiger partial charge in [0.1, 0.15) is 0 Å². The molecular weight excluding hydrogens is 230 g/mol. The molecule has 1 aliphatic carbocycles. The second-order valence-electron chi connectivity index (χ2n) is 3.97. The van der Waals surface area contributed by atoms with Crippen LogP contribution in [-0.4, -0.2) is 25.3 Å². The molecule has 2 atom stereocenters. The molecule has 0 radical (unpaired) electrons. The van der Waals surface area contributed by atoms with E-state index in [9.17, 15) is 0 Å². The average molecular weight is 246 g/mol. The summed E-state index contributed by atoms with van der Waals surface area (Å²) in [7, 11) is 0. The minimum atomic E-state index is 0.479. The van der Waals surface area contributed by atoms with Gasteiger partial charge >= 0.3 is 0 Å². The van der Waals surface area contributed by atoms with E-state index in [1.807, 2.05) is 0 Å². The Morgan fingerprint density at radius 3 is 2.85 bits per heavy atom. The molecular formula is C10H16BrNO. The third-order valence-electron chi connectivity index (χ3n) is 2.78. The Hall–Kier alpha value is 0.140. The molecule has 0 bridgehead atoms. The molecule has 13 heavy (non-hydrogen) atoms. The lowest BCUT2D eigenvalue weighted by Crippen LogP contribution is -2.38. The van der Waals surface area contributed by atoms with Gasteiger partial charge in [-0.25, -0.2) is 0 Å². The fourth-order valence-corrected chi connectivity index (χ4v) is 2.12. The Kier molecular flexibility index (Phi) is 3.06. The molecule has 2 fully saturated rings. The molecule has 1 aliphatic heterocycles. The number of halogens is 1. The highest BCUT2D eigenvalue weighted by Crippen LogP contribution is 2.38. The summed E-state index contributed by atoms with van der Waals surface area (Å²) < 4.78 is 6.74. The van der Waals surface area contributed by atoms with Crippen molar-refractivity contribution in [2.45, 2.75) is 31.4 Å². The summed E-state index contributed by atoms with van der Waals surface area (Å²) in [4.78, 5) is 0. The van der Waals surface area contributed by atoms with Crippen molar-refractivity contribution in [3.8, 4) is 0 Å². The van der Waals surface area contributed by atoms with E-state index in [4.69, 9.17) is 4.74 Å². The monoisotopic (exact) mass is 245 g/mol. The van der Waals surface area contributed by atoms with E-state index in [-0.39, 0.29) is 0 Å². The minimum absolute atomic E-state index is 0.479. The summed E-state index contributed by atoms with van der Waals surface area (Å²) >= 11 is 3.36. The molecule has 2 aliphatic rings. The van der Waals surface area contributed by atoms with E-state index in [0.29, 0.717) is 12.1 Å². The second-order valence-corrected chi connectivity index (χ2v) is 5.09. The van der Waals surface area contributed by atoms with Crippen LogP contribution < -0.4 is 5.32 Å². The molecule has 1 saturated heterocycles. The first-order chi connectivity index (χ1) is 6.27. The van der Waals surface area contributed by atoms with Crippen molar-refractivity contribution in [1.29, 1.82) is 0 Å². The lowest BCUT2D eigenvalue weighted by molar-refractivity contribution is 0.0818. The van der Waals surface area contributed by atoms with Gasteiger partial charge in [0.25, 0.3) is 0 Å². The summed E-state index contributed by atoms with van der Waals surface area (Å²) in [6, 6.07) is 0.557. The predicted octanol–water partition coefficient (Wildman–Crippen LogP) is 2.05. The van der Waals surface area contributed by atoms with Gasteiger partial charge < -0.3 is 10.1 Å². The van der Waals surface area contributed by atoms with Crippen LogP contribution in [0.25, 0.3) is 0 Å². The fourth-order valence-electron chi connectivity index (χ4n) is 1.96. The van der Waals surface area contributed by atoms with Gasteiger partial charge in [-0.15, -0.1) is 0 Å². The van der Waals surface area contributed by atoms with Crippen LogP contribution in [0.2, 0.25) is 0 Å². The quantitative estimate of drug-likeness (QED) is 0.819. The Morgan fingerprint density at radius 2 is 2.23 bits per heavy atom. The molecule has 1 saturated carbocycles. The molecule has 2 rings (SSSR count). The lowest BCUT2D eigenvalue weighted by Gasteiger charge is -2.19. The van der Waals surface area contributed by atoms with Gasteiger partial charge in [-0.05, 0) is 25.2 Å². The zero-order valence-electron chi connectivity index (χ0n) is 7.76. The van der Waals surface area contributed by atoms with Crippen LogP contribution >= 0.6 is 15.9 Å². The molecule has 2 unspecified atom stereocenters. The van der Waals surface area contributed by atoms with Gasteiger partial charge in [-0.2, -0.15) is 0 Å². The van der Waals surface area contributed by atoms with Crippen molar-refractivity contribution in [3.63, 3.8) is 0 Å². The number of hydrogen-bond donors (Lipinski definition) is 1. The Morgan fingerprint density at radius 1 is 1.46 bits per heavy atom. The van der Waals surface area contributed by atoms with Crippen LogP contribution in [0.15, 0.2) is 11.1 Å². The maximum Gasteiger partial charge on any atom is 0.0757 e. The van der Waals surface area contributed by atoms with Crippen LogP contribution in [0.3, 0.4) is 0 Å². The normalized spacial score (nSPS) is 33.6. The number of nitrogens with one attached hydrogen (secondary N) is 1. The molecule has 0 aromatic rings. The van der Waals surface area contributed by atoms with Crippen molar-refractivity contribution in [1.82, 2.24) is 5.32 Å². The van der Waals surface area contributed by atoms with Crippen LogP contribution in [0.5, 0.6) is 0 Å². The molecule has 0 amide bonds. The molecule has 3 heteroatoms. The van der Waals surface area contributed by atoms with E-state index < -0.39 is 0 Å². The number of ether oxygens (including phenoxy) is 1. The zero-order valence-corrected chi connectivity index (χ0v) is 9.35. The smallest absolute Gasteiger partial charge is 0.0757 e. The summed E-state index contributed by atoms with van der Waals surface area (Å²) in [6.45, 7) is 5.60. The molecule has 74 valence electrons. The summed E-state index contributed by atoms with van der Waals surface area (Å²) in [5.41, 5.74) is 0. The van der Waals surface area contributed by atoms with E-state index in [1.165, 1.54) is 12.8 Å². The Bertz CT molecular complexity index is 203. The van der Waals surface area contributed by atoms with Gasteiger partial charge in [0.15, 0.2) is 0 Å². The van der Waals surface area contributed by atoms with E-state index >= 15 is 0 Å². The van der Waals surface area contributed by atoms with Crippen molar-refractivity contribution in [2.75, 3.05) is 13.2 Å². The summed E-state index contributed by atoms with van der Waals surface area (Å²) in [5.74, 6) is 0.837. The van der Waals surface area contributed by atoms with Gasteiger partial charge in [0.2, 0.25) is 0 Å². The third kappa shape index (κ3) is 2.55. The molecule has 0 aromatic heterocycles. The minimum Gasteiger partial charge on any atom is -0.376 e. The largest absolute Gasteiger partial charge is 0.376 e. The highest BCUT2D eigenvalue weighted by molar-refractivity contribution is 9.11. The first-order valence-corrected chi connectivity index (χ1v) is 5.75. The van der Waals surface area contributed by atoms with Gasteiger partial charge in [0, 0.05) is 23.7 Å². The molecule has 0 spiro atoms. The molecule has 2 nitrogen and oxygen atoms in total. The maximum absolute atomic E-state index is 5.71. The number of hydrogen-bond acceptors (Lipinski definition) is 2. The fraction of sp³-hybridized carbons (Fsp3) is 0.800. The number of rotatable bonds is 4. The zero-order chi connectivity index (χ0) is 9.26. The lowest BCUT2D eigenvalue weighted by atomic mass is 10.1. The van der Waals surface area contributed by atoms with Crippen molar-refractivity contribution in [3.05, 3.63) is 11.1 Å². The van der Waals surface area contributed by atoms with Gasteiger partial charge in [0.05, 0.1) is 6.10 Å². The molecule has 1 N–H and O–H groups in total. The average Bonchev–Trinajstić information content (AvgIpc) is 2.82. The molecule has 0 aromatic carbocycles. The topological polar surface area (TPSA) is 21.3 Å².